The molecule has 0 N–H and O–H groups in total. The summed E-state index contributed by atoms with van der Waals surface area (Å²) in [6, 6.07) is 11.2. The van der Waals surface area contributed by atoms with Crippen LogP contribution in [0.25, 0.3) is 0 Å². The van der Waals surface area contributed by atoms with Crippen LogP contribution in [0.2, 0.25) is 0 Å². The first-order valence-corrected chi connectivity index (χ1v) is 8.09. The predicted octanol–water partition coefficient (Wildman–Crippen LogP) is 5.19. The van der Waals surface area contributed by atoms with E-state index in [-0.39, 0.29) is 0 Å². The monoisotopic (exact) mass is 252 g/mol. The first kappa shape index (κ1) is 11.9. The fourth-order valence-corrected chi connectivity index (χ4v) is 5.59. The van der Waals surface area contributed by atoms with Crippen LogP contribution in [0, 0.1) is 29.1 Å². The Balaban J connectivity index is 1.76. The van der Waals surface area contributed by atoms with Gasteiger partial charge in [0.15, 0.2) is 5.92 Å². The molecule has 0 heteroatoms. The van der Waals surface area contributed by atoms with Crippen molar-refractivity contribution in [1.29, 1.82) is 0 Å². The molecule has 3 fully saturated rings. The van der Waals surface area contributed by atoms with E-state index in [1.807, 2.05) is 0 Å². The van der Waals surface area contributed by atoms with Crippen LogP contribution < -0.4 is 0 Å². The van der Waals surface area contributed by atoms with Gasteiger partial charge in [-0.15, -0.1) is 0 Å². The van der Waals surface area contributed by atoms with Crippen LogP contribution in [0.4, 0.5) is 0 Å². The minimum Gasteiger partial charge on any atom is -0.0622 e. The van der Waals surface area contributed by atoms with Crippen LogP contribution in [0.15, 0.2) is 30.3 Å². The van der Waals surface area contributed by atoms with Gasteiger partial charge in [-0.2, -0.15) is 0 Å². The average Bonchev–Trinajstić information content (AvgIpc) is 3.12. The van der Waals surface area contributed by atoms with Crippen LogP contribution >= 0.6 is 0 Å². The predicted molar refractivity (Wildman–Crippen MR) is 79.4 cm³/mol. The zero-order chi connectivity index (χ0) is 12.9. The van der Waals surface area contributed by atoms with Gasteiger partial charge in [0.1, 0.15) is 11.3 Å². The molecule has 0 aliphatic heterocycles. The second kappa shape index (κ2) is 4.30. The number of hydrogen-bond donors (Lipinski definition) is 0. The summed E-state index contributed by atoms with van der Waals surface area (Å²) in [7, 11) is 0. The highest BCUT2D eigenvalue weighted by Crippen LogP contribution is 2.69. The van der Waals surface area contributed by atoms with E-state index in [1.54, 1.807) is 11.8 Å². The summed E-state index contributed by atoms with van der Waals surface area (Å²) in [6.07, 6.45) is 10.2. The Hall–Kier alpha value is -0.910. The molecule has 19 heavy (non-hydrogen) atoms. The molecule has 0 bridgehead atoms. The van der Waals surface area contributed by atoms with Crippen LogP contribution in [-0.2, 0) is 0 Å². The Labute approximate surface area is 117 Å². The maximum absolute atomic E-state index is 2.46. The molecular weight excluding hydrogens is 228 g/mol. The Morgan fingerprint density at radius 3 is 2.47 bits per heavy atom. The molecule has 0 amide bonds. The number of rotatable bonds is 1. The molecule has 2 atom stereocenters. The Bertz CT molecular complexity index is 440. The molecule has 3 saturated carbocycles. The molecule has 0 nitrogen and oxygen atoms in total. The highest BCUT2D eigenvalue weighted by Gasteiger charge is 2.68. The zero-order valence-corrected chi connectivity index (χ0v) is 12.0. The molecule has 3 aliphatic rings. The van der Waals surface area contributed by atoms with Crippen molar-refractivity contribution in [2.45, 2.75) is 51.9 Å². The molecule has 0 aromatic heterocycles. The summed E-state index contributed by atoms with van der Waals surface area (Å²) in [6.45, 7) is 2.46. The zero-order valence-electron chi connectivity index (χ0n) is 12.0. The molecule has 0 saturated heterocycles. The van der Waals surface area contributed by atoms with Gasteiger partial charge in [0.05, 0.1) is 6.92 Å². The summed E-state index contributed by atoms with van der Waals surface area (Å²) in [5.41, 5.74) is 2.12. The van der Waals surface area contributed by atoms with E-state index in [0.29, 0.717) is 5.41 Å². The summed E-state index contributed by atoms with van der Waals surface area (Å²) in [5.74, 6) is 5.36. The second-order valence-corrected chi connectivity index (χ2v) is 6.91. The smallest absolute Gasteiger partial charge is 0.0622 e. The number of fused-ring (bicyclic) bond motifs is 2. The van der Waals surface area contributed by atoms with Crippen molar-refractivity contribution in [3.05, 3.63) is 47.7 Å². The lowest BCUT2D eigenvalue weighted by Gasteiger charge is -2.26. The molecular formula is C19H24+. The minimum atomic E-state index is 0.604. The lowest BCUT2D eigenvalue weighted by atomic mass is 9.69. The van der Waals surface area contributed by atoms with E-state index in [9.17, 15) is 0 Å². The van der Waals surface area contributed by atoms with Crippen LogP contribution in [0.1, 0.15) is 57.4 Å². The molecule has 1 aromatic rings. The van der Waals surface area contributed by atoms with Gasteiger partial charge in [0.25, 0.3) is 0 Å². The Kier molecular flexibility index (Phi) is 2.69. The summed E-state index contributed by atoms with van der Waals surface area (Å²) in [4.78, 5) is 0. The van der Waals surface area contributed by atoms with Crippen LogP contribution in [0.3, 0.4) is 0 Å². The van der Waals surface area contributed by atoms with Gasteiger partial charge >= 0.3 is 0 Å². The summed E-state index contributed by atoms with van der Waals surface area (Å²) >= 11 is 0. The van der Waals surface area contributed by atoms with Gasteiger partial charge in [-0.1, -0.05) is 36.8 Å². The Morgan fingerprint density at radius 2 is 1.74 bits per heavy atom. The average molecular weight is 252 g/mol. The fourth-order valence-electron chi connectivity index (χ4n) is 5.59. The minimum absolute atomic E-state index is 0.604. The first-order chi connectivity index (χ1) is 9.33. The third kappa shape index (κ3) is 1.55. The van der Waals surface area contributed by atoms with E-state index in [1.165, 1.54) is 50.5 Å². The molecule has 1 spiro atoms. The highest BCUT2D eigenvalue weighted by atomic mass is 14.6. The van der Waals surface area contributed by atoms with E-state index < -0.39 is 0 Å². The third-order valence-electron chi connectivity index (χ3n) is 6.33. The quantitative estimate of drug-likeness (QED) is 0.603. The maximum Gasteiger partial charge on any atom is 0.189 e. The van der Waals surface area contributed by atoms with Crippen molar-refractivity contribution < 1.29 is 0 Å². The van der Waals surface area contributed by atoms with Crippen LogP contribution in [-0.4, -0.2) is 0 Å². The topological polar surface area (TPSA) is 0 Å². The van der Waals surface area contributed by atoms with Crippen molar-refractivity contribution in [3.8, 4) is 0 Å². The fraction of sp³-hybridized carbons (Fsp3) is 0.579. The Morgan fingerprint density at radius 1 is 1.00 bits per heavy atom. The second-order valence-electron chi connectivity index (χ2n) is 6.91. The number of hydrogen-bond acceptors (Lipinski definition) is 0. The van der Waals surface area contributed by atoms with Crippen molar-refractivity contribution >= 4 is 0 Å². The van der Waals surface area contributed by atoms with Crippen molar-refractivity contribution in [1.82, 2.24) is 0 Å². The van der Waals surface area contributed by atoms with E-state index in [0.717, 1.165) is 11.8 Å². The highest BCUT2D eigenvalue weighted by molar-refractivity contribution is 5.48. The molecule has 0 heterocycles. The van der Waals surface area contributed by atoms with Crippen molar-refractivity contribution in [2.75, 3.05) is 0 Å². The molecule has 4 rings (SSSR count). The maximum atomic E-state index is 2.46. The van der Waals surface area contributed by atoms with E-state index in [4.69, 9.17) is 0 Å². The van der Waals surface area contributed by atoms with Gasteiger partial charge in [0.2, 0.25) is 0 Å². The standard InChI is InChI=1S/C19H24/c1-14-18(15-8-3-2-4-9-15)16-10-7-11-17(16)19(14)12-5-6-13-19/h2-4,8-9,16-17H,5-7,10-13H2,1H3/q+1/t16-,17+/m1/s1. The van der Waals surface area contributed by atoms with E-state index >= 15 is 0 Å². The lowest BCUT2D eigenvalue weighted by molar-refractivity contribution is 0.210. The van der Waals surface area contributed by atoms with Gasteiger partial charge in [0, 0.05) is 17.4 Å². The number of benzene rings is 1. The summed E-state index contributed by atoms with van der Waals surface area (Å²) in [5, 5.41) is 0. The van der Waals surface area contributed by atoms with Gasteiger partial charge in [-0.05, 0) is 38.5 Å². The molecule has 1 radical (unpaired) electrons. The molecule has 3 aliphatic carbocycles. The molecule has 1 aromatic carbocycles. The van der Waals surface area contributed by atoms with E-state index in [2.05, 4.69) is 37.3 Å². The normalized spacial score (nSPS) is 33.2. The SMILES string of the molecule is C[C+]1[C](c2ccccc2)[C@@H]2CCC[C@@H]2C12CCCC2. The summed E-state index contributed by atoms with van der Waals surface area (Å²) < 4.78 is 0. The molecule has 99 valence electrons. The largest absolute Gasteiger partial charge is 0.189 e. The lowest BCUT2D eigenvalue weighted by Crippen LogP contribution is -2.27. The third-order valence-corrected chi connectivity index (χ3v) is 6.33. The van der Waals surface area contributed by atoms with Crippen LogP contribution in [0.5, 0.6) is 0 Å². The van der Waals surface area contributed by atoms with Gasteiger partial charge < -0.3 is 0 Å². The van der Waals surface area contributed by atoms with Crippen molar-refractivity contribution in [2.24, 2.45) is 17.3 Å². The molecule has 0 unspecified atom stereocenters. The van der Waals surface area contributed by atoms with Gasteiger partial charge in [-0.25, -0.2) is 0 Å². The first-order valence-electron chi connectivity index (χ1n) is 8.09. The van der Waals surface area contributed by atoms with Gasteiger partial charge in [-0.3, -0.25) is 0 Å². The van der Waals surface area contributed by atoms with Crippen molar-refractivity contribution in [3.63, 3.8) is 0 Å².